The number of ether oxygens (including phenoxy) is 1. The van der Waals surface area contributed by atoms with Crippen LogP contribution >= 0.6 is 15.9 Å². The molecule has 1 rings (SSSR count). The molecule has 0 saturated heterocycles. The third-order valence-corrected chi connectivity index (χ3v) is 3.56. The van der Waals surface area contributed by atoms with Crippen molar-refractivity contribution >= 4 is 21.9 Å². The summed E-state index contributed by atoms with van der Waals surface area (Å²) in [5.41, 5.74) is 0.663. The Kier molecular flexibility index (Phi) is 5.14. The van der Waals surface area contributed by atoms with E-state index in [-0.39, 0.29) is 11.5 Å². The second kappa shape index (κ2) is 6.18. The van der Waals surface area contributed by atoms with Gasteiger partial charge < -0.3 is 9.30 Å². The first-order valence-electron chi connectivity index (χ1n) is 5.83. The third kappa shape index (κ3) is 3.45. The van der Waals surface area contributed by atoms with Crippen LogP contribution in [-0.4, -0.2) is 17.6 Å². The van der Waals surface area contributed by atoms with Gasteiger partial charge in [-0.2, -0.15) is 0 Å². The van der Waals surface area contributed by atoms with Gasteiger partial charge in [-0.25, -0.2) is 4.79 Å². The SMILES string of the molecule is COC(=O)C(CC(C)C)n1cc(Br)c(C)cc1=O. The number of halogens is 1. The van der Waals surface area contributed by atoms with Gasteiger partial charge in [0.25, 0.3) is 5.56 Å². The molecule has 1 unspecified atom stereocenters. The van der Waals surface area contributed by atoms with Crippen molar-refractivity contribution in [1.82, 2.24) is 4.57 Å². The van der Waals surface area contributed by atoms with Crippen LogP contribution in [0.4, 0.5) is 0 Å². The minimum absolute atomic E-state index is 0.188. The highest BCUT2D eigenvalue weighted by Gasteiger charge is 2.23. The molecular weight excluding hydrogens is 298 g/mol. The van der Waals surface area contributed by atoms with E-state index >= 15 is 0 Å². The summed E-state index contributed by atoms with van der Waals surface area (Å²) in [6.07, 6.45) is 2.23. The molecule has 0 aliphatic rings. The van der Waals surface area contributed by atoms with Crippen molar-refractivity contribution in [3.63, 3.8) is 0 Å². The van der Waals surface area contributed by atoms with Gasteiger partial charge in [-0.05, 0) is 40.8 Å². The van der Waals surface area contributed by atoms with E-state index in [1.807, 2.05) is 20.8 Å². The molecule has 4 nitrogen and oxygen atoms in total. The molecule has 100 valence electrons. The molecule has 0 saturated carbocycles. The summed E-state index contributed by atoms with van der Waals surface area (Å²) >= 11 is 3.37. The zero-order valence-electron chi connectivity index (χ0n) is 11.1. The quantitative estimate of drug-likeness (QED) is 0.803. The third-order valence-electron chi connectivity index (χ3n) is 2.73. The van der Waals surface area contributed by atoms with E-state index in [1.54, 1.807) is 6.20 Å². The molecule has 0 radical (unpaired) electrons. The number of carbonyl (C=O) groups is 1. The van der Waals surface area contributed by atoms with Crippen LogP contribution < -0.4 is 5.56 Å². The van der Waals surface area contributed by atoms with Gasteiger partial charge >= 0.3 is 5.97 Å². The smallest absolute Gasteiger partial charge is 0.328 e. The molecule has 1 heterocycles. The fourth-order valence-electron chi connectivity index (χ4n) is 1.77. The van der Waals surface area contributed by atoms with Crippen LogP contribution in [0.3, 0.4) is 0 Å². The lowest BCUT2D eigenvalue weighted by Crippen LogP contribution is -2.31. The second-order valence-corrected chi connectivity index (χ2v) is 5.57. The number of esters is 1. The average Bonchev–Trinajstić information content (AvgIpc) is 2.30. The standard InChI is InChI=1S/C13H18BrNO3/c1-8(2)5-11(13(17)18-4)15-7-10(14)9(3)6-12(15)16/h6-8,11H,5H2,1-4H3. The Labute approximate surface area is 115 Å². The zero-order chi connectivity index (χ0) is 13.9. The van der Waals surface area contributed by atoms with Crippen molar-refractivity contribution in [2.24, 2.45) is 5.92 Å². The van der Waals surface area contributed by atoms with Gasteiger partial charge in [-0.15, -0.1) is 0 Å². The fraction of sp³-hybridized carbons (Fsp3) is 0.538. The monoisotopic (exact) mass is 315 g/mol. The van der Waals surface area contributed by atoms with Crippen molar-refractivity contribution < 1.29 is 9.53 Å². The van der Waals surface area contributed by atoms with Crippen LogP contribution in [0.5, 0.6) is 0 Å². The minimum atomic E-state index is -0.570. The summed E-state index contributed by atoms with van der Waals surface area (Å²) < 4.78 is 7.02. The highest BCUT2D eigenvalue weighted by Crippen LogP contribution is 2.20. The van der Waals surface area contributed by atoms with Crippen molar-refractivity contribution in [1.29, 1.82) is 0 Å². The van der Waals surface area contributed by atoms with Crippen molar-refractivity contribution in [2.45, 2.75) is 33.2 Å². The number of methoxy groups -OCH3 is 1. The normalized spacial score (nSPS) is 12.6. The van der Waals surface area contributed by atoms with Gasteiger partial charge in [0, 0.05) is 16.7 Å². The lowest BCUT2D eigenvalue weighted by molar-refractivity contribution is -0.145. The number of aryl methyl sites for hydroxylation is 1. The van der Waals surface area contributed by atoms with Crippen LogP contribution in [0.2, 0.25) is 0 Å². The average molecular weight is 316 g/mol. The van der Waals surface area contributed by atoms with Crippen LogP contribution in [0.25, 0.3) is 0 Å². The molecular formula is C13H18BrNO3. The van der Waals surface area contributed by atoms with Crippen LogP contribution in [0.15, 0.2) is 21.5 Å². The van der Waals surface area contributed by atoms with E-state index < -0.39 is 6.04 Å². The maximum Gasteiger partial charge on any atom is 0.328 e. The first-order chi connectivity index (χ1) is 8.36. The fourth-order valence-corrected chi connectivity index (χ4v) is 2.10. The minimum Gasteiger partial charge on any atom is -0.467 e. The van der Waals surface area contributed by atoms with E-state index in [4.69, 9.17) is 4.74 Å². The first-order valence-corrected chi connectivity index (χ1v) is 6.62. The highest BCUT2D eigenvalue weighted by molar-refractivity contribution is 9.10. The van der Waals surface area contributed by atoms with Gasteiger partial charge in [-0.1, -0.05) is 13.8 Å². The summed E-state index contributed by atoms with van der Waals surface area (Å²) in [6, 6.07) is 0.944. The Morgan fingerprint density at radius 2 is 2.11 bits per heavy atom. The topological polar surface area (TPSA) is 48.3 Å². The molecule has 0 aliphatic carbocycles. The Hall–Kier alpha value is -1.10. The van der Waals surface area contributed by atoms with Crippen molar-refractivity contribution in [3.05, 3.63) is 32.7 Å². The number of pyridine rings is 1. The van der Waals surface area contributed by atoms with Crippen LogP contribution in [-0.2, 0) is 9.53 Å². The number of carbonyl (C=O) groups excluding carboxylic acids is 1. The maximum absolute atomic E-state index is 12.0. The Bertz CT molecular complexity index is 493. The number of hydrogen-bond acceptors (Lipinski definition) is 3. The van der Waals surface area contributed by atoms with E-state index in [0.29, 0.717) is 12.3 Å². The summed E-state index contributed by atoms with van der Waals surface area (Å²) in [6.45, 7) is 5.85. The van der Waals surface area contributed by atoms with E-state index in [1.165, 1.54) is 17.7 Å². The van der Waals surface area contributed by atoms with E-state index in [9.17, 15) is 9.59 Å². The maximum atomic E-state index is 12.0. The predicted octanol–water partition coefficient (Wildman–Crippen LogP) is 2.68. The molecule has 0 aromatic carbocycles. The van der Waals surface area contributed by atoms with Crippen LogP contribution in [0.1, 0.15) is 31.9 Å². The Balaban J connectivity index is 3.24. The number of hydrogen-bond donors (Lipinski definition) is 0. The number of aromatic nitrogens is 1. The summed E-state index contributed by atoms with van der Waals surface area (Å²) in [5, 5.41) is 0. The Morgan fingerprint density at radius 3 is 2.61 bits per heavy atom. The molecule has 1 atom stereocenters. The van der Waals surface area contributed by atoms with Gasteiger partial charge in [0.15, 0.2) is 0 Å². The lowest BCUT2D eigenvalue weighted by atomic mass is 10.0. The lowest BCUT2D eigenvalue weighted by Gasteiger charge is -2.20. The van der Waals surface area contributed by atoms with Crippen molar-refractivity contribution in [3.8, 4) is 0 Å². The molecule has 0 aliphatic heterocycles. The summed E-state index contributed by atoms with van der Waals surface area (Å²) in [7, 11) is 1.34. The summed E-state index contributed by atoms with van der Waals surface area (Å²) in [4.78, 5) is 23.8. The van der Waals surface area contributed by atoms with Gasteiger partial charge in [0.2, 0.25) is 0 Å². The zero-order valence-corrected chi connectivity index (χ0v) is 12.7. The van der Waals surface area contributed by atoms with E-state index in [2.05, 4.69) is 15.9 Å². The first kappa shape index (κ1) is 15.0. The Morgan fingerprint density at radius 1 is 1.50 bits per heavy atom. The molecule has 0 bridgehead atoms. The molecule has 5 heteroatoms. The molecule has 0 spiro atoms. The molecule has 0 fully saturated rings. The molecule has 0 N–H and O–H groups in total. The largest absolute Gasteiger partial charge is 0.467 e. The van der Waals surface area contributed by atoms with E-state index in [0.717, 1.165) is 10.0 Å². The van der Waals surface area contributed by atoms with Gasteiger partial charge in [0.05, 0.1) is 7.11 Å². The molecule has 1 aromatic heterocycles. The number of nitrogens with zero attached hydrogens (tertiary/aromatic N) is 1. The molecule has 0 amide bonds. The van der Waals surface area contributed by atoms with Gasteiger partial charge in [0.1, 0.15) is 6.04 Å². The molecule has 1 aromatic rings. The molecule has 18 heavy (non-hydrogen) atoms. The second-order valence-electron chi connectivity index (χ2n) is 4.72. The number of rotatable bonds is 4. The predicted molar refractivity (Wildman–Crippen MR) is 73.6 cm³/mol. The highest BCUT2D eigenvalue weighted by atomic mass is 79.9. The van der Waals surface area contributed by atoms with Gasteiger partial charge in [-0.3, -0.25) is 4.79 Å². The summed E-state index contributed by atoms with van der Waals surface area (Å²) in [5.74, 6) is -0.0948. The van der Waals surface area contributed by atoms with Crippen LogP contribution in [0, 0.1) is 12.8 Å². The van der Waals surface area contributed by atoms with Crippen molar-refractivity contribution in [2.75, 3.05) is 7.11 Å².